The second-order valence-electron chi connectivity index (χ2n) is 1.41. The molecule has 0 bridgehead atoms. The van der Waals surface area contributed by atoms with Gasteiger partial charge in [-0.25, -0.2) is 0 Å². The Labute approximate surface area is 52.2 Å². The van der Waals surface area contributed by atoms with Gasteiger partial charge in [0.1, 0.15) is 0 Å². The lowest BCUT2D eigenvalue weighted by Gasteiger charge is -2.15. The number of ether oxygens (including phenoxy) is 1. The van der Waals surface area contributed by atoms with Gasteiger partial charge in [-0.1, -0.05) is 18.7 Å². The van der Waals surface area contributed by atoms with Crippen LogP contribution in [-0.4, -0.2) is 5.19 Å². The van der Waals surface area contributed by atoms with Crippen molar-refractivity contribution in [3.05, 3.63) is 24.5 Å². The molecule has 0 saturated heterocycles. The Morgan fingerprint density at radius 3 is 2.50 bits per heavy atom. The second-order valence-corrected chi connectivity index (χ2v) is 2.02. The summed E-state index contributed by atoms with van der Waals surface area (Å²) in [7, 11) is 0. The summed E-state index contributed by atoms with van der Waals surface area (Å²) in [6.07, 6.45) is 5.60. The van der Waals surface area contributed by atoms with Gasteiger partial charge in [-0.3, -0.25) is 0 Å². The van der Waals surface area contributed by atoms with Crippen molar-refractivity contribution in [3.63, 3.8) is 0 Å². The van der Waals surface area contributed by atoms with Gasteiger partial charge >= 0.3 is 5.19 Å². The van der Waals surface area contributed by atoms with Gasteiger partial charge < -0.3 is 4.74 Å². The Morgan fingerprint density at radius 1 is 1.50 bits per heavy atom. The summed E-state index contributed by atoms with van der Waals surface area (Å²) >= 11 is 3.49. The third-order valence-electron chi connectivity index (χ3n) is 0.725. The molecule has 1 aliphatic rings. The largest absolute Gasteiger partial charge is 0.454 e. The fourth-order valence-corrected chi connectivity index (χ4v) is 0.541. The summed E-state index contributed by atoms with van der Waals surface area (Å²) < 4.78 is 16.8. The highest BCUT2D eigenvalue weighted by Crippen LogP contribution is 2.22. The van der Waals surface area contributed by atoms with Gasteiger partial charge in [-0.2, -0.15) is 4.39 Å². The zero-order valence-corrected chi connectivity index (χ0v) is 4.94. The van der Waals surface area contributed by atoms with E-state index in [4.69, 9.17) is 0 Å². The Balaban J connectivity index is 2.65. The van der Waals surface area contributed by atoms with Crippen LogP contribution in [-0.2, 0) is 4.74 Å². The normalized spacial score (nSPS) is 34.8. The third kappa shape index (κ3) is 1.26. The van der Waals surface area contributed by atoms with Crippen molar-refractivity contribution in [2.75, 3.05) is 0 Å². The molecule has 0 aromatic carbocycles. The Kier molecular flexibility index (Phi) is 1.29. The second kappa shape index (κ2) is 1.82. The quantitative estimate of drug-likeness (QED) is 0.493. The number of rotatable bonds is 0. The topological polar surface area (TPSA) is 9.23 Å². The van der Waals surface area contributed by atoms with E-state index >= 15 is 0 Å². The molecule has 0 aromatic rings. The Morgan fingerprint density at radius 2 is 2.25 bits per heavy atom. The lowest BCUT2D eigenvalue weighted by Crippen LogP contribution is -2.13. The first-order chi connectivity index (χ1) is 3.71. The van der Waals surface area contributed by atoms with Crippen molar-refractivity contribution >= 4 is 12.6 Å². The number of hydrogen-bond acceptors (Lipinski definition) is 2. The number of alkyl halides is 1. The predicted molar refractivity (Wildman–Crippen MR) is 32.2 cm³/mol. The highest BCUT2D eigenvalue weighted by molar-refractivity contribution is 7.81. The number of thiol groups is 1. The van der Waals surface area contributed by atoms with Crippen LogP contribution in [0, 0.1) is 0 Å². The summed E-state index contributed by atoms with van der Waals surface area (Å²) in [6.45, 7) is 0. The minimum absolute atomic E-state index is 1.22. The maximum Gasteiger partial charge on any atom is 0.314 e. The first-order valence-electron chi connectivity index (χ1n) is 2.14. The van der Waals surface area contributed by atoms with E-state index in [1.807, 2.05) is 0 Å². The smallest absolute Gasteiger partial charge is 0.314 e. The standard InChI is InChI=1S/C5H5FOS/c6-5(8)3-1-2-4-7-5/h1-4,8H. The minimum atomic E-state index is -1.89. The van der Waals surface area contributed by atoms with E-state index in [1.54, 1.807) is 6.08 Å². The maximum absolute atomic E-state index is 12.4. The molecular weight excluding hydrogens is 127 g/mol. The van der Waals surface area contributed by atoms with Crippen LogP contribution >= 0.6 is 12.6 Å². The molecule has 0 spiro atoms. The van der Waals surface area contributed by atoms with Crippen molar-refractivity contribution in [1.29, 1.82) is 0 Å². The zero-order chi connectivity index (χ0) is 6.04. The molecule has 3 heteroatoms. The maximum atomic E-state index is 12.4. The number of hydrogen-bond donors (Lipinski definition) is 1. The number of allylic oxidation sites excluding steroid dienone is 2. The van der Waals surface area contributed by atoms with E-state index in [2.05, 4.69) is 17.4 Å². The predicted octanol–water partition coefficient (Wildman–Crippen LogP) is 1.64. The van der Waals surface area contributed by atoms with Crippen molar-refractivity contribution in [2.24, 2.45) is 0 Å². The van der Waals surface area contributed by atoms with Gasteiger partial charge in [0.25, 0.3) is 0 Å². The van der Waals surface area contributed by atoms with Gasteiger partial charge in [0, 0.05) is 6.08 Å². The monoisotopic (exact) mass is 132 g/mol. The van der Waals surface area contributed by atoms with Gasteiger partial charge in [-0.05, 0) is 6.08 Å². The number of halogens is 1. The highest BCUT2D eigenvalue weighted by Gasteiger charge is 2.20. The summed E-state index contributed by atoms with van der Waals surface area (Å²) in [5, 5.41) is -1.89. The van der Waals surface area contributed by atoms with Crippen LogP contribution in [0.5, 0.6) is 0 Å². The van der Waals surface area contributed by atoms with Crippen molar-refractivity contribution < 1.29 is 9.13 Å². The molecule has 0 fully saturated rings. The van der Waals surface area contributed by atoms with E-state index in [-0.39, 0.29) is 0 Å². The average molecular weight is 132 g/mol. The molecule has 0 aromatic heterocycles. The first kappa shape index (κ1) is 5.69. The molecular formula is C5H5FOS. The third-order valence-corrected chi connectivity index (χ3v) is 0.979. The SMILES string of the molecule is FC1(S)C=CC=CO1. The fourth-order valence-electron chi connectivity index (χ4n) is 0.394. The van der Waals surface area contributed by atoms with E-state index in [1.165, 1.54) is 18.4 Å². The molecule has 0 aliphatic carbocycles. The van der Waals surface area contributed by atoms with Crippen LogP contribution in [0.3, 0.4) is 0 Å². The van der Waals surface area contributed by atoms with Crippen LogP contribution in [0.15, 0.2) is 24.5 Å². The molecule has 0 radical (unpaired) electrons. The fraction of sp³-hybridized carbons (Fsp3) is 0.200. The van der Waals surface area contributed by atoms with Crippen LogP contribution in [0.4, 0.5) is 4.39 Å². The summed E-state index contributed by atoms with van der Waals surface area (Å²) in [5.74, 6) is 0. The molecule has 1 unspecified atom stereocenters. The molecule has 0 amide bonds. The molecule has 0 saturated carbocycles. The Bertz CT molecular complexity index is 139. The zero-order valence-electron chi connectivity index (χ0n) is 4.04. The molecule has 1 nitrogen and oxygen atoms in total. The molecule has 44 valence electrons. The van der Waals surface area contributed by atoms with Crippen molar-refractivity contribution in [3.8, 4) is 0 Å². The van der Waals surface area contributed by atoms with Crippen LogP contribution in [0.1, 0.15) is 0 Å². The van der Waals surface area contributed by atoms with Gasteiger partial charge in [-0.15, -0.1) is 0 Å². The molecule has 1 atom stereocenters. The van der Waals surface area contributed by atoms with E-state index < -0.39 is 5.19 Å². The van der Waals surface area contributed by atoms with Crippen LogP contribution in [0.25, 0.3) is 0 Å². The summed E-state index contributed by atoms with van der Waals surface area (Å²) in [6, 6.07) is 0. The van der Waals surface area contributed by atoms with Gasteiger partial charge in [0.05, 0.1) is 6.26 Å². The van der Waals surface area contributed by atoms with Crippen LogP contribution in [0.2, 0.25) is 0 Å². The average Bonchev–Trinajstić information content (AvgIpc) is 1.65. The van der Waals surface area contributed by atoms with Gasteiger partial charge in [0.15, 0.2) is 0 Å². The summed E-state index contributed by atoms with van der Waals surface area (Å²) in [4.78, 5) is 0. The first-order valence-corrected chi connectivity index (χ1v) is 2.59. The lowest BCUT2D eigenvalue weighted by atomic mass is 10.4. The molecule has 1 heterocycles. The van der Waals surface area contributed by atoms with E-state index in [9.17, 15) is 4.39 Å². The van der Waals surface area contributed by atoms with Crippen molar-refractivity contribution in [1.82, 2.24) is 0 Å². The molecule has 1 rings (SSSR count). The molecule has 1 aliphatic heterocycles. The van der Waals surface area contributed by atoms with Gasteiger partial charge in [0.2, 0.25) is 0 Å². The Hall–Kier alpha value is -0.440. The van der Waals surface area contributed by atoms with E-state index in [0.29, 0.717) is 0 Å². The summed E-state index contributed by atoms with van der Waals surface area (Å²) in [5.41, 5.74) is 0. The van der Waals surface area contributed by atoms with E-state index in [0.717, 1.165) is 0 Å². The molecule has 0 N–H and O–H groups in total. The highest BCUT2D eigenvalue weighted by atomic mass is 32.1. The van der Waals surface area contributed by atoms with Crippen molar-refractivity contribution in [2.45, 2.75) is 5.19 Å². The van der Waals surface area contributed by atoms with Crippen LogP contribution < -0.4 is 0 Å². The minimum Gasteiger partial charge on any atom is -0.454 e. The molecule has 8 heavy (non-hydrogen) atoms. The lowest BCUT2D eigenvalue weighted by molar-refractivity contribution is 0.0321.